The van der Waals surface area contributed by atoms with E-state index < -0.39 is 0 Å². The lowest BCUT2D eigenvalue weighted by atomic mass is 10.0. The summed E-state index contributed by atoms with van der Waals surface area (Å²) in [4.78, 5) is 2.48. The monoisotopic (exact) mass is 245 g/mol. The number of hydrogen-bond donors (Lipinski definition) is 1. The Labute approximate surface area is 107 Å². The van der Waals surface area contributed by atoms with Crippen LogP contribution in [0.25, 0.3) is 5.65 Å². The normalized spacial score (nSPS) is 20.8. The Balaban J connectivity index is 1.83. The van der Waals surface area contributed by atoms with Crippen molar-refractivity contribution in [2.24, 2.45) is 5.92 Å². The van der Waals surface area contributed by atoms with Gasteiger partial charge in [-0.15, -0.1) is 10.2 Å². The first-order valence-corrected chi connectivity index (χ1v) is 6.58. The zero-order valence-electron chi connectivity index (χ0n) is 10.7. The second kappa shape index (κ2) is 4.57. The van der Waals surface area contributed by atoms with Crippen molar-refractivity contribution < 1.29 is 0 Å². The van der Waals surface area contributed by atoms with Crippen molar-refractivity contribution in [2.75, 3.05) is 25.4 Å². The standard InChI is InChI=1S/C13H19N5/c1-2-17-7-6-10(9-17)8-13-16-15-12-5-3-4-11(14)18(12)13/h3-5,10H,2,6-9,14H2,1H3. The van der Waals surface area contributed by atoms with Crippen LogP contribution in [0.5, 0.6) is 0 Å². The van der Waals surface area contributed by atoms with Crippen LogP contribution in [0, 0.1) is 5.92 Å². The quantitative estimate of drug-likeness (QED) is 0.882. The van der Waals surface area contributed by atoms with Gasteiger partial charge < -0.3 is 10.6 Å². The summed E-state index contributed by atoms with van der Waals surface area (Å²) in [7, 11) is 0. The molecule has 2 aromatic heterocycles. The van der Waals surface area contributed by atoms with Crippen molar-refractivity contribution in [2.45, 2.75) is 19.8 Å². The minimum absolute atomic E-state index is 0.678. The third-order valence-electron chi connectivity index (χ3n) is 3.81. The maximum Gasteiger partial charge on any atom is 0.162 e. The van der Waals surface area contributed by atoms with Crippen molar-refractivity contribution in [3.05, 3.63) is 24.0 Å². The number of anilines is 1. The molecule has 1 atom stereocenters. The molecule has 96 valence electrons. The molecule has 18 heavy (non-hydrogen) atoms. The molecule has 0 saturated carbocycles. The summed E-state index contributed by atoms with van der Waals surface area (Å²) in [5.74, 6) is 2.39. The number of nitrogen functional groups attached to an aromatic ring is 1. The molecule has 5 nitrogen and oxygen atoms in total. The number of fused-ring (bicyclic) bond motifs is 1. The highest BCUT2D eigenvalue weighted by atomic mass is 15.3. The van der Waals surface area contributed by atoms with Gasteiger partial charge in [-0.1, -0.05) is 13.0 Å². The van der Waals surface area contributed by atoms with Gasteiger partial charge in [0.2, 0.25) is 0 Å². The summed E-state index contributed by atoms with van der Waals surface area (Å²) >= 11 is 0. The average molecular weight is 245 g/mol. The largest absolute Gasteiger partial charge is 0.385 e. The minimum Gasteiger partial charge on any atom is -0.385 e. The first kappa shape index (κ1) is 11.5. The first-order chi connectivity index (χ1) is 8.78. The molecule has 1 unspecified atom stereocenters. The first-order valence-electron chi connectivity index (χ1n) is 6.58. The van der Waals surface area contributed by atoms with Crippen molar-refractivity contribution in [3.63, 3.8) is 0 Å². The fourth-order valence-corrected chi connectivity index (χ4v) is 2.78. The van der Waals surface area contributed by atoms with Crippen LogP contribution in [-0.4, -0.2) is 39.1 Å². The van der Waals surface area contributed by atoms with Gasteiger partial charge >= 0.3 is 0 Å². The lowest BCUT2D eigenvalue weighted by molar-refractivity contribution is 0.340. The predicted molar refractivity (Wildman–Crippen MR) is 71.3 cm³/mol. The van der Waals surface area contributed by atoms with E-state index in [1.807, 2.05) is 22.6 Å². The summed E-state index contributed by atoms with van der Waals surface area (Å²) in [5.41, 5.74) is 6.84. The van der Waals surface area contributed by atoms with Gasteiger partial charge in [-0.25, -0.2) is 0 Å². The van der Waals surface area contributed by atoms with Crippen LogP contribution in [0.4, 0.5) is 5.82 Å². The fraction of sp³-hybridized carbons (Fsp3) is 0.538. The van der Waals surface area contributed by atoms with Crippen LogP contribution >= 0.6 is 0 Å². The molecule has 2 aromatic rings. The molecule has 0 radical (unpaired) electrons. The van der Waals surface area contributed by atoms with Gasteiger partial charge in [-0.3, -0.25) is 4.40 Å². The van der Waals surface area contributed by atoms with Gasteiger partial charge in [0.25, 0.3) is 0 Å². The van der Waals surface area contributed by atoms with Crippen LogP contribution in [0.1, 0.15) is 19.2 Å². The lowest BCUT2D eigenvalue weighted by Crippen LogP contribution is -2.20. The van der Waals surface area contributed by atoms with Gasteiger partial charge in [0.1, 0.15) is 11.6 Å². The molecule has 1 saturated heterocycles. The highest BCUT2D eigenvalue weighted by Gasteiger charge is 2.23. The van der Waals surface area contributed by atoms with Crippen LogP contribution in [-0.2, 0) is 6.42 Å². The number of pyridine rings is 1. The third-order valence-corrected chi connectivity index (χ3v) is 3.81. The van der Waals surface area contributed by atoms with Gasteiger partial charge in [0, 0.05) is 13.0 Å². The van der Waals surface area contributed by atoms with E-state index in [4.69, 9.17) is 5.73 Å². The smallest absolute Gasteiger partial charge is 0.162 e. The summed E-state index contributed by atoms with van der Waals surface area (Å²) in [6, 6.07) is 5.75. The van der Waals surface area contributed by atoms with Crippen molar-refractivity contribution in [1.82, 2.24) is 19.5 Å². The van der Waals surface area contributed by atoms with Gasteiger partial charge in [0.15, 0.2) is 5.65 Å². The maximum atomic E-state index is 6.00. The van der Waals surface area contributed by atoms with E-state index in [2.05, 4.69) is 22.0 Å². The van der Waals surface area contributed by atoms with E-state index in [-0.39, 0.29) is 0 Å². The van der Waals surface area contributed by atoms with E-state index in [1.54, 1.807) is 0 Å². The zero-order chi connectivity index (χ0) is 12.5. The molecule has 0 bridgehead atoms. The van der Waals surface area contributed by atoms with Crippen molar-refractivity contribution in [1.29, 1.82) is 0 Å². The SMILES string of the molecule is CCN1CCC(Cc2nnc3cccc(N)n23)C1. The van der Waals surface area contributed by atoms with Crippen LogP contribution in [0.3, 0.4) is 0 Å². The molecule has 1 aliphatic heterocycles. The number of nitrogens with zero attached hydrogens (tertiary/aromatic N) is 4. The zero-order valence-corrected chi connectivity index (χ0v) is 10.7. The number of likely N-dealkylation sites (tertiary alicyclic amines) is 1. The maximum absolute atomic E-state index is 6.00. The summed E-state index contributed by atoms with van der Waals surface area (Å²) < 4.78 is 1.97. The molecule has 3 heterocycles. The third kappa shape index (κ3) is 1.95. The van der Waals surface area contributed by atoms with Crippen molar-refractivity contribution >= 4 is 11.5 Å². The Kier molecular flexibility index (Phi) is 2.91. The molecule has 0 aromatic carbocycles. The van der Waals surface area contributed by atoms with Crippen LogP contribution < -0.4 is 5.73 Å². The fourth-order valence-electron chi connectivity index (χ4n) is 2.78. The van der Waals surface area contributed by atoms with Gasteiger partial charge in [0.05, 0.1) is 0 Å². The lowest BCUT2D eigenvalue weighted by Gasteiger charge is -2.12. The van der Waals surface area contributed by atoms with E-state index in [9.17, 15) is 0 Å². The molecule has 1 fully saturated rings. The number of hydrogen-bond acceptors (Lipinski definition) is 4. The molecule has 0 aliphatic carbocycles. The Morgan fingerprint density at radius 3 is 3.06 bits per heavy atom. The number of rotatable bonds is 3. The highest BCUT2D eigenvalue weighted by molar-refractivity contribution is 5.47. The summed E-state index contributed by atoms with van der Waals surface area (Å²) in [6.45, 7) is 5.72. The average Bonchev–Trinajstić information content (AvgIpc) is 2.98. The predicted octanol–water partition coefficient (Wildman–Crippen LogP) is 1.20. The number of aromatic nitrogens is 3. The molecule has 5 heteroatoms. The Hall–Kier alpha value is -1.62. The molecular formula is C13H19N5. The molecular weight excluding hydrogens is 226 g/mol. The second-order valence-electron chi connectivity index (χ2n) is 5.01. The molecule has 1 aliphatic rings. The minimum atomic E-state index is 0.678. The number of nitrogens with two attached hydrogens (primary N) is 1. The topological polar surface area (TPSA) is 59.5 Å². The van der Waals surface area contributed by atoms with Gasteiger partial charge in [-0.2, -0.15) is 0 Å². The molecule has 2 N–H and O–H groups in total. The van der Waals surface area contributed by atoms with E-state index in [0.29, 0.717) is 5.92 Å². The van der Waals surface area contributed by atoms with Crippen LogP contribution in [0.15, 0.2) is 18.2 Å². The molecule has 0 amide bonds. The molecule has 3 rings (SSSR count). The van der Waals surface area contributed by atoms with E-state index >= 15 is 0 Å². The van der Waals surface area contributed by atoms with Crippen LogP contribution in [0.2, 0.25) is 0 Å². The Morgan fingerprint density at radius 2 is 2.28 bits per heavy atom. The second-order valence-corrected chi connectivity index (χ2v) is 5.01. The highest BCUT2D eigenvalue weighted by Crippen LogP contribution is 2.21. The van der Waals surface area contributed by atoms with E-state index in [1.165, 1.54) is 13.0 Å². The summed E-state index contributed by atoms with van der Waals surface area (Å²) in [6.07, 6.45) is 2.21. The summed E-state index contributed by atoms with van der Waals surface area (Å²) in [5, 5.41) is 8.47. The Bertz CT molecular complexity index is 547. The Morgan fingerprint density at radius 1 is 1.39 bits per heavy atom. The molecule has 0 spiro atoms. The van der Waals surface area contributed by atoms with Gasteiger partial charge in [-0.05, 0) is 37.6 Å². The van der Waals surface area contributed by atoms with E-state index in [0.717, 1.165) is 36.8 Å². The van der Waals surface area contributed by atoms with Crippen molar-refractivity contribution in [3.8, 4) is 0 Å².